The fraction of sp³-hybridized carbons (Fsp3) is 0.562. The molecular weight excluding hydrogens is 292 g/mol. The van der Waals surface area contributed by atoms with E-state index in [1.807, 2.05) is 13.8 Å². The van der Waals surface area contributed by atoms with Gasteiger partial charge in [0.15, 0.2) is 11.5 Å². The minimum Gasteiger partial charge on any atom is -0.489 e. The summed E-state index contributed by atoms with van der Waals surface area (Å²) in [6.07, 6.45) is 2.10. The van der Waals surface area contributed by atoms with Crippen molar-refractivity contribution in [2.24, 2.45) is 0 Å². The van der Waals surface area contributed by atoms with E-state index in [1.54, 1.807) is 6.07 Å². The molecule has 0 bridgehead atoms. The van der Waals surface area contributed by atoms with Crippen LogP contribution in [0.5, 0.6) is 11.5 Å². The molecule has 2 aliphatic rings. The molecule has 0 radical (unpaired) electrons. The number of hydrogen-bond acceptors (Lipinski definition) is 3. The van der Waals surface area contributed by atoms with Crippen molar-refractivity contribution in [3.05, 3.63) is 22.2 Å². The lowest BCUT2D eigenvalue weighted by Crippen LogP contribution is -2.22. The Kier molecular flexibility index (Phi) is 3.52. The van der Waals surface area contributed by atoms with Crippen LogP contribution in [0.25, 0.3) is 0 Å². The van der Waals surface area contributed by atoms with Crippen molar-refractivity contribution < 1.29 is 19.4 Å². The first-order valence-electron chi connectivity index (χ1n) is 7.33. The van der Waals surface area contributed by atoms with E-state index in [9.17, 15) is 9.90 Å². The molecule has 1 aliphatic carbocycles. The van der Waals surface area contributed by atoms with Crippen LogP contribution in [0.4, 0.5) is 0 Å². The second-order valence-corrected chi connectivity index (χ2v) is 6.48. The van der Waals surface area contributed by atoms with Crippen LogP contribution < -0.4 is 9.47 Å². The van der Waals surface area contributed by atoms with Crippen molar-refractivity contribution >= 4 is 17.6 Å². The molecule has 1 aromatic carbocycles. The van der Waals surface area contributed by atoms with Crippen LogP contribution in [-0.4, -0.2) is 24.3 Å². The van der Waals surface area contributed by atoms with E-state index in [4.69, 9.17) is 21.1 Å². The Bertz CT molecular complexity index is 590. The molecule has 0 atom stereocenters. The predicted molar refractivity (Wildman–Crippen MR) is 79.7 cm³/mol. The molecular formula is C16H19ClO4. The SMILES string of the molecule is CC(C)c1c(C2(C(=O)O)CC2)cc(Cl)c2c1OCCCO2. The van der Waals surface area contributed by atoms with Crippen LogP contribution >= 0.6 is 11.6 Å². The largest absolute Gasteiger partial charge is 0.489 e. The maximum Gasteiger partial charge on any atom is 0.314 e. The van der Waals surface area contributed by atoms with Crippen molar-refractivity contribution in [3.63, 3.8) is 0 Å². The third-order valence-electron chi connectivity index (χ3n) is 4.26. The lowest BCUT2D eigenvalue weighted by Gasteiger charge is -2.23. The van der Waals surface area contributed by atoms with Crippen molar-refractivity contribution in [2.45, 2.75) is 44.4 Å². The van der Waals surface area contributed by atoms with E-state index in [1.165, 1.54) is 0 Å². The predicted octanol–water partition coefficient (Wildman–Crippen LogP) is 3.74. The third-order valence-corrected chi connectivity index (χ3v) is 4.54. The Labute approximate surface area is 129 Å². The van der Waals surface area contributed by atoms with Gasteiger partial charge in [-0.1, -0.05) is 25.4 Å². The van der Waals surface area contributed by atoms with Crippen molar-refractivity contribution in [2.75, 3.05) is 13.2 Å². The molecule has 1 aromatic rings. The summed E-state index contributed by atoms with van der Waals surface area (Å²) >= 11 is 6.34. The van der Waals surface area contributed by atoms with Gasteiger partial charge in [0.05, 0.1) is 23.7 Å². The molecule has 0 spiro atoms. The van der Waals surface area contributed by atoms with E-state index in [-0.39, 0.29) is 5.92 Å². The molecule has 1 fully saturated rings. The summed E-state index contributed by atoms with van der Waals surface area (Å²) in [6, 6.07) is 1.77. The highest BCUT2D eigenvalue weighted by Crippen LogP contribution is 2.55. The number of ether oxygens (including phenoxy) is 2. The maximum atomic E-state index is 11.7. The minimum atomic E-state index is -0.798. The Morgan fingerprint density at radius 2 is 1.90 bits per heavy atom. The molecule has 1 N–H and O–H groups in total. The monoisotopic (exact) mass is 310 g/mol. The fourth-order valence-electron chi connectivity index (χ4n) is 3.00. The lowest BCUT2D eigenvalue weighted by atomic mass is 9.85. The number of fused-ring (bicyclic) bond motifs is 1. The van der Waals surface area contributed by atoms with Crippen LogP contribution in [0.1, 0.15) is 50.2 Å². The van der Waals surface area contributed by atoms with E-state index in [0.29, 0.717) is 42.6 Å². The second-order valence-electron chi connectivity index (χ2n) is 6.07. The van der Waals surface area contributed by atoms with Gasteiger partial charge in [0.2, 0.25) is 0 Å². The van der Waals surface area contributed by atoms with Gasteiger partial charge in [0.25, 0.3) is 0 Å². The number of carbonyl (C=O) groups is 1. The lowest BCUT2D eigenvalue weighted by molar-refractivity contribution is -0.140. The molecule has 1 aliphatic heterocycles. The van der Waals surface area contributed by atoms with Crippen LogP contribution in [0.3, 0.4) is 0 Å². The Balaban J connectivity index is 2.24. The second kappa shape index (κ2) is 5.09. The number of aliphatic carboxylic acids is 1. The van der Waals surface area contributed by atoms with Gasteiger partial charge in [-0.3, -0.25) is 4.79 Å². The minimum absolute atomic E-state index is 0.143. The van der Waals surface area contributed by atoms with Gasteiger partial charge >= 0.3 is 5.97 Å². The van der Waals surface area contributed by atoms with Gasteiger partial charge in [0, 0.05) is 12.0 Å². The van der Waals surface area contributed by atoms with Crippen LogP contribution in [0.15, 0.2) is 6.07 Å². The fourth-order valence-corrected chi connectivity index (χ4v) is 3.25. The average molecular weight is 311 g/mol. The molecule has 0 saturated heterocycles. The highest BCUT2D eigenvalue weighted by molar-refractivity contribution is 6.32. The normalized spacial score (nSPS) is 19.2. The quantitative estimate of drug-likeness (QED) is 0.924. The Morgan fingerprint density at radius 3 is 2.43 bits per heavy atom. The summed E-state index contributed by atoms with van der Waals surface area (Å²) in [5.74, 6) is 0.555. The van der Waals surface area contributed by atoms with E-state index >= 15 is 0 Å². The summed E-state index contributed by atoms with van der Waals surface area (Å²) < 4.78 is 11.6. The number of hydrogen-bond donors (Lipinski definition) is 1. The van der Waals surface area contributed by atoms with E-state index in [2.05, 4.69) is 0 Å². The molecule has 5 heteroatoms. The van der Waals surface area contributed by atoms with E-state index in [0.717, 1.165) is 17.5 Å². The third kappa shape index (κ3) is 2.26. The van der Waals surface area contributed by atoms with Gasteiger partial charge in [-0.25, -0.2) is 0 Å². The standard InChI is InChI=1S/C16H19ClO4/c1-9(2)12-10(16(4-5-16)15(18)19)8-11(17)13-14(12)21-7-3-6-20-13/h8-9H,3-7H2,1-2H3,(H,18,19). The number of rotatable bonds is 3. The Hall–Kier alpha value is -1.42. The van der Waals surface area contributed by atoms with Gasteiger partial charge < -0.3 is 14.6 Å². The first kappa shape index (κ1) is 14.5. The molecule has 114 valence electrons. The zero-order chi connectivity index (χ0) is 15.2. The number of halogens is 1. The summed E-state index contributed by atoms with van der Waals surface area (Å²) in [7, 11) is 0. The summed E-state index contributed by atoms with van der Waals surface area (Å²) in [5, 5.41) is 10.0. The van der Waals surface area contributed by atoms with Crippen molar-refractivity contribution in [1.29, 1.82) is 0 Å². The highest BCUT2D eigenvalue weighted by atomic mass is 35.5. The first-order valence-corrected chi connectivity index (χ1v) is 7.71. The van der Waals surface area contributed by atoms with Crippen molar-refractivity contribution in [3.8, 4) is 11.5 Å². The average Bonchev–Trinajstić information content (AvgIpc) is 3.22. The highest BCUT2D eigenvalue weighted by Gasteiger charge is 2.54. The number of carboxylic acid groups (broad SMARTS) is 1. The molecule has 0 amide bonds. The van der Waals surface area contributed by atoms with Gasteiger partial charge in [-0.05, 0) is 30.4 Å². The van der Waals surface area contributed by atoms with Gasteiger partial charge in [-0.15, -0.1) is 0 Å². The van der Waals surface area contributed by atoms with Gasteiger partial charge in [0.1, 0.15) is 0 Å². The van der Waals surface area contributed by atoms with Crippen molar-refractivity contribution in [1.82, 2.24) is 0 Å². The van der Waals surface area contributed by atoms with Crippen LogP contribution in [0, 0.1) is 0 Å². The zero-order valence-electron chi connectivity index (χ0n) is 12.2. The summed E-state index contributed by atoms with van der Waals surface area (Å²) in [5.41, 5.74) is 0.920. The maximum absolute atomic E-state index is 11.7. The number of benzene rings is 1. The topological polar surface area (TPSA) is 55.8 Å². The van der Waals surface area contributed by atoms with Crippen LogP contribution in [0.2, 0.25) is 5.02 Å². The molecule has 1 saturated carbocycles. The first-order chi connectivity index (χ1) is 9.97. The number of carboxylic acids is 1. The molecule has 1 heterocycles. The van der Waals surface area contributed by atoms with Gasteiger partial charge in [-0.2, -0.15) is 0 Å². The molecule has 0 aromatic heterocycles. The molecule has 21 heavy (non-hydrogen) atoms. The Morgan fingerprint density at radius 1 is 1.29 bits per heavy atom. The zero-order valence-corrected chi connectivity index (χ0v) is 13.0. The molecule has 0 unspecified atom stereocenters. The van der Waals surface area contributed by atoms with Crippen LogP contribution in [-0.2, 0) is 10.2 Å². The smallest absolute Gasteiger partial charge is 0.314 e. The molecule has 3 rings (SSSR count). The molecule has 4 nitrogen and oxygen atoms in total. The summed E-state index contributed by atoms with van der Waals surface area (Å²) in [4.78, 5) is 11.7. The van der Waals surface area contributed by atoms with E-state index < -0.39 is 11.4 Å². The summed E-state index contributed by atoms with van der Waals surface area (Å²) in [6.45, 7) is 5.21.